The van der Waals surface area contributed by atoms with Crippen molar-refractivity contribution in [2.24, 2.45) is 5.92 Å². The fourth-order valence-electron chi connectivity index (χ4n) is 3.52. The molecule has 2 rings (SSSR count). The number of unbranched alkanes of at least 4 members (excludes halogenated alkanes) is 3. The summed E-state index contributed by atoms with van der Waals surface area (Å²) in [6, 6.07) is 16.5. The van der Waals surface area contributed by atoms with Gasteiger partial charge in [0.15, 0.2) is 0 Å². The molecule has 0 saturated carbocycles. The van der Waals surface area contributed by atoms with Crippen molar-refractivity contribution in [3.8, 4) is 16.9 Å². The summed E-state index contributed by atoms with van der Waals surface area (Å²) in [6.07, 6.45) is 8.18. The quantitative estimate of drug-likeness (QED) is 0.227. The topological polar surface area (TPSA) is 35.5 Å². The zero-order chi connectivity index (χ0) is 22.5. The molecule has 0 saturated heterocycles. The van der Waals surface area contributed by atoms with Crippen molar-refractivity contribution in [2.45, 2.75) is 85.2 Å². The van der Waals surface area contributed by atoms with E-state index in [2.05, 4.69) is 45.0 Å². The van der Waals surface area contributed by atoms with E-state index in [9.17, 15) is 4.79 Å². The molecule has 31 heavy (non-hydrogen) atoms. The molecule has 0 aliphatic heterocycles. The number of rotatable bonds is 14. The number of carbonyl (C=O) groups is 1. The molecule has 3 heteroatoms. The van der Waals surface area contributed by atoms with Crippen molar-refractivity contribution in [2.75, 3.05) is 6.61 Å². The van der Waals surface area contributed by atoms with Crippen molar-refractivity contribution in [3.05, 3.63) is 54.1 Å². The number of esters is 1. The molecule has 2 atom stereocenters. The molecule has 0 N–H and O–H groups in total. The molecular formula is C28H40O3. The van der Waals surface area contributed by atoms with Crippen LogP contribution < -0.4 is 4.74 Å². The SMILES string of the molecule is CCCCCOc1ccc(-c2ccc(C(C)OC(=O)CCCCC(C)CC)cc2)cc1. The number of hydrogen-bond donors (Lipinski definition) is 0. The largest absolute Gasteiger partial charge is 0.494 e. The third-order valence-electron chi connectivity index (χ3n) is 5.92. The first-order valence-corrected chi connectivity index (χ1v) is 12.1. The minimum absolute atomic E-state index is 0.102. The average Bonchev–Trinajstić information content (AvgIpc) is 2.80. The third kappa shape index (κ3) is 9.16. The molecule has 0 amide bonds. The van der Waals surface area contributed by atoms with Gasteiger partial charge in [0.1, 0.15) is 11.9 Å². The second kappa shape index (κ2) is 13.9. The predicted molar refractivity (Wildman–Crippen MR) is 129 cm³/mol. The maximum absolute atomic E-state index is 12.1. The molecule has 2 aromatic rings. The van der Waals surface area contributed by atoms with Crippen LogP contribution in [0.3, 0.4) is 0 Å². The summed E-state index contributed by atoms with van der Waals surface area (Å²) < 4.78 is 11.4. The Morgan fingerprint density at radius 2 is 1.48 bits per heavy atom. The van der Waals surface area contributed by atoms with Gasteiger partial charge in [0.05, 0.1) is 6.61 Å². The first-order valence-electron chi connectivity index (χ1n) is 12.1. The standard InChI is InChI=1S/C28H40O3/c1-5-7-10-21-30-27-19-17-26(18-20-27)25-15-13-24(14-16-25)23(4)31-28(29)12-9-8-11-22(3)6-2/h13-20,22-23H,5-12,21H2,1-4H3. The summed E-state index contributed by atoms with van der Waals surface area (Å²) in [5, 5.41) is 0. The number of ether oxygens (including phenoxy) is 2. The van der Waals surface area contributed by atoms with Gasteiger partial charge in [-0.2, -0.15) is 0 Å². The zero-order valence-electron chi connectivity index (χ0n) is 19.9. The Morgan fingerprint density at radius 3 is 2.10 bits per heavy atom. The van der Waals surface area contributed by atoms with E-state index in [1.807, 2.05) is 31.2 Å². The van der Waals surface area contributed by atoms with Crippen LogP contribution in [-0.4, -0.2) is 12.6 Å². The Hall–Kier alpha value is -2.29. The summed E-state index contributed by atoms with van der Waals surface area (Å²) in [4.78, 5) is 12.1. The van der Waals surface area contributed by atoms with Crippen molar-refractivity contribution >= 4 is 5.97 Å². The van der Waals surface area contributed by atoms with Crippen molar-refractivity contribution in [3.63, 3.8) is 0 Å². The minimum Gasteiger partial charge on any atom is -0.494 e. The van der Waals surface area contributed by atoms with Crippen LogP contribution in [0.5, 0.6) is 5.75 Å². The van der Waals surface area contributed by atoms with Crippen molar-refractivity contribution in [1.82, 2.24) is 0 Å². The monoisotopic (exact) mass is 424 g/mol. The van der Waals surface area contributed by atoms with Crippen molar-refractivity contribution < 1.29 is 14.3 Å². The van der Waals surface area contributed by atoms with Gasteiger partial charge < -0.3 is 9.47 Å². The van der Waals surface area contributed by atoms with E-state index in [-0.39, 0.29) is 12.1 Å². The zero-order valence-corrected chi connectivity index (χ0v) is 19.9. The maximum atomic E-state index is 12.1. The van der Waals surface area contributed by atoms with Gasteiger partial charge in [-0.1, -0.05) is 89.3 Å². The number of hydrogen-bond acceptors (Lipinski definition) is 3. The van der Waals surface area contributed by atoms with Crippen LogP contribution in [0.2, 0.25) is 0 Å². The van der Waals surface area contributed by atoms with Crippen LogP contribution >= 0.6 is 0 Å². The van der Waals surface area contributed by atoms with Crippen LogP contribution in [0.1, 0.15) is 90.7 Å². The van der Waals surface area contributed by atoms with Crippen LogP contribution in [0.15, 0.2) is 48.5 Å². The normalized spacial score (nSPS) is 12.9. The second-order valence-corrected chi connectivity index (χ2v) is 8.59. The lowest BCUT2D eigenvalue weighted by Crippen LogP contribution is -2.08. The smallest absolute Gasteiger partial charge is 0.306 e. The van der Waals surface area contributed by atoms with Crippen molar-refractivity contribution in [1.29, 1.82) is 0 Å². The molecule has 0 aliphatic rings. The number of carbonyl (C=O) groups excluding carboxylic acids is 1. The minimum atomic E-state index is -0.227. The highest BCUT2D eigenvalue weighted by atomic mass is 16.5. The van der Waals surface area contributed by atoms with Crippen LogP contribution in [0, 0.1) is 5.92 Å². The van der Waals surface area contributed by atoms with Gasteiger partial charge in [-0.15, -0.1) is 0 Å². The summed E-state index contributed by atoms with van der Waals surface area (Å²) in [6.45, 7) is 9.39. The lowest BCUT2D eigenvalue weighted by Gasteiger charge is -2.15. The molecule has 0 heterocycles. The van der Waals surface area contributed by atoms with Gasteiger partial charge in [-0.05, 0) is 54.5 Å². The van der Waals surface area contributed by atoms with Gasteiger partial charge in [0, 0.05) is 6.42 Å². The van der Waals surface area contributed by atoms with Gasteiger partial charge in [0.2, 0.25) is 0 Å². The Balaban J connectivity index is 1.80. The lowest BCUT2D eigenvalue weighted by molar-refractivity contribution is -0.148. The van der Waals surface area contributed by atoms with E-state index < -0.39 is 0 Å². The highest BCUT2D eigenvalue weighted by Crippen LogP contribution is 2.26. The molecule has 0 aromatic heterocycles. The maximum Gasteiger partial charge on any atom is 0.306 e. The van der Waals surface area contributed by atoms with Crippen LogP contribution in [-0.2, 0) is 9.53 Å². The Morgan fingerprint density at radius 1 is 0.839 bits per heavy atom. The highest BCUT2D eigenvalue weighted by Gasteiger charge is 2.12. The third-order valence-corrected chi connectivity index (χ3v) is 5.92. The molecule has 3 nitrogen and oxygen atoms in total. The van der Waals surface area contributed by atoms with E-state index in [1.165, 1.54) is 25.7 Å². The van der Waals surface area contributed by atoms with Crippen LogP contribution in [0.4, 0.5) is 0 Å². The number of benzene rings is 2. The Labute approximate surface area is 189 Å². The second-order valence-electron chi connectivity index (χ2n) is 8.59. The van der Waals surface area contributed by atoms with Crippen LogP contribution in [0.25, 0.3) is 11.1 Å². The van der Waals surface area contributed by atoms with E-state index >= 15 is 0 Å². The van der Waals surface area contributed by atoms with E-state index in [0.29, 0.717) is 6.42 Å². The summed E-state index contributed by atoms with van der Waals surface area (Å²) in [5.41, 5.74) is 3.32. The fourth-order valence-corrected chi connectivity index (χ4v) is 3.52. The Bertz CT molecular complexity index is 749. The van der Waals surface area contributed by atoms with Gasteiger partial charge in [-0.3, -0.25) is 4.79 Å². The first kappa shape index (κ1) is 25.0. The Kier molecular flexibility index (Phi) is 11.2. The van der Waals surface area contributed by atoms with Gasteiger partial charge in [-0.25, -0.2) is 0 Å². The first-order chi connectivity index (χ1) is 15.0. The van der Waals surface area contributed by atoms with E-state index in [0.717, 1.165) is 54.2 Å². The molecule has 0 aliphatic carbocycles. The molecule has 0 bridgehead atoms. The van der Waals surface area contributed by atoms with E-state index in [4.69, 9.17) is 9.47 Å². The van der Waals surface area contributed by atoms with Gasteiger partial charge in [0.25, 0.3) is 0 Å². The summed E-state index contributed by atoms with van der Waals surface area (Å²) >= 11 is 0. The molecule has 2 aromatic carbocycles. The predicted octanol–water partition coefficient (Wildman–Crippen LogP) is 8.13. The summed E-state index contributed by atoms with van der Waals surface area (Å²) in [5.74, 6) is 1.55. The highest BCUT2D eigenvalue weighted by molar-refractivity contribution is 5.69. The lowest BCUT2D eigenvalue weighted by atomic mass is 10.0. The average molecular weight is 425 g/mol. The fraction of sp³-hybridized carbons (Fsp3) is 0.536. The van der Waals surface area contributed by atoms with E-state index in [1.54, 1.807) is 0 Å². The summed E-state index contributed by atoms with van der Waals surface area (Å²) in [7, 11) is 0. The molecule has 2 unspecified atom stereocenters. The molecular weight excluding hydrogens is 384 g/mol. The molecule has 0 radical (unpaired) electrons. The molecule has 170 valence electrons. The molecule has 0 fully saturated rings. The molecule has 0 spiro atoms. The van der Waals surface area contributed by atoms with Gasteiger partial charge >= 0.3 is 5.97 Å².